The third kappa shape index (κ3) is 2.54. The molecule has 3 rings (SSSR count). The predicted octanol–water partition coefficient (Wildman–Crippen LogP) is 2.28. The standard InChI is InChI=1S/C17H20N2O2/c18-11-16(9-10-16)14-5-3-13(4-6-14)15(21)19-17(12-20)7-1-2-8-17/h3-6,20H,1-2,7-10,12H2,(H,19,21). The van der Waals surface area contributed by atoms with Gasteiger partial charge in [0.15, 0.2) is 0 Å². The average Bonchev–Trinajstić information content (AvgIpc) is 3.20. The fraction of sp³-hybridized carbons (Fsp3) is 0.529. The van der Waals surface area contributed by atoms with Crippen LogP contribution in [0.2, 0.25) is 0 Å². The first-order valence-electron chi connectivity index (χ1n) is 7.58. The average molecular weight is 284 g/mol. The van der Waals surface area contributed by atoms with E-state index in [0.29, 0.717) is 5.56 Å². The van der Waals surface area contributed by atoms with Crippen LogP contribution in [0.1, 0.15) is 54.4 Å². The maximum Gasteiger partial charge on any atom is 0.251 e. The lowest BCUT2D eigenvalue weighted by atomic mass is 9.95. The molecular formula is C17H20N2O2. The number of nitrogens with one attached hydrogen (secondary N) is 1. The van der Waals surface area contributed by atoms with Crippen LogP contribution in [0.3, 0.4) is 0 Å². The molecule has 1 aromatic carbocycles. The van der Waals surface area contributed by atoms with E-state index in [1.54, 1.807) is 12.1 Å². The van der Waals surface area contributed by atoms with Gasteiger partial charge in [0.2, 0.25) is 0 Å². The Morgan fingerprint density at radius 2 is 1.81 bits per heavy atom. The van der Waals surface area contributed by atoms with Crippen LogP contribution in [0, 0.1) is 11.3 Å². The SMILES string of the molecule is N#CC1(c2ccc(C(=O)NC3(CO)CCCC3)cc2)CC1. The molecule has 21 heavy (non-hydrogen) atoms. The number of benzene rings is 1. The van der Waals surface area contributed by atoms with Crippen molar-refractivity contribution < 1.29 is 9.90 Å². The number of nitriles is 1. The molecule has 2 fully saturated rings. The Balaban J connectivity index is 1.72. The van der Waals surface area contributed by atoms with E-state index in [1.807, 2.05) is 12.1 Å². The van der Waals surface area contributed by atoms with Crippen LogP contribution in [0.15, 0.2) is 24.3 Å². The first-order valence-corrected chi connectivity index (χ1v) is 7.58. The lowest BCUT2D eigenvalue weighted by molar-refractivity contribution is 0.0838. The maximum atomic E-state index is 12.3. The molecule has 0 saturated heterocycles. The van der Waals surface area contributed by atoms with Crippen molar-refractivity contribution >= 4 is 5.91 Å². The van der Waals surface area contributed by atoms with Crippen LogP contribution in [-0.2, 0) is 5.41 Å². The normalized spacial score (nSPS) is 21.5. The van der Waals surface area contributed by atoms with Gasteiger partial charge in [-0.05, 0) is 43.4 Å². The summed E-state index contributed by atoms with van der Waals surface area (Å²) < 4.78 is 0. The number of rotatable bonds is 4. The van der Waals surface area contributed by atoms with Crippen LogP contribution in [0.5, 0.6) is 0 Å². The van der Waals surface area contributed by atoms with Gasteiger partial charge in [-0.15, -0.1) is 0 Å². The molecule has 110 valence electrons. The molecule has 4 heteroatoms. The summed E-state index contributed by atoms with van der Waals surface area (Å²) in [5.41, 5.74) is 0.832. The van der Waals surface area contributed by atoms with E-state index in [-0.39, 0.29) is 17.9 Å². The second kappa shape index (κ2) is 5.16. The molecule has 0 aromatic heterocycles. The van der Waals surface area contributed by atoms with E-state index in [9.17, 15) is 15.2 Å². The monoisotopic (exact) mass is 284 g/mol. The molecule has 2 aliphatic rings. The van der Waals surface area contributed by atoms with Crippen molar-refractivity contribution in [3.63, 3.8) is 0 Å². The fourth-order valence-corrected chi connectivity index (χ4v) is 3.22. The number of amides is 1. The van der Waals surface area contributed by atoms with Crippen LogP contribution >= 0.6 is 0 Å². The summed E-state index contributed by atoms with van der Waals surface area (Å²) in [7, 11) is 0. The zero-order chi connectivity index (χ0) is 14.9. The Kier molecular flexibility index (Phi) is 3.46. The maximum absolute atomic E-state index is 12.3. The van der Waals surface area contributed by atoms with Crippen molar-refractivity contribution in [2.75, 3.05) is 6.61 Å². The second-order valence-electron chi connectivity index (χ2n) is 6.37. The van der Waals surface area contributed by atoms with Crippen LogP contribution in [-0.4, -0.2) is 23.2 Å². The van der Waals surface area contributed by atoms with Gasteiger partial charge in [-0.2, -0.15) is 5.26 Å². The Labute approximate surface area is 124 Å². The van der Waals surface area contributed by atoms with Crippen molar-refractivity contribution in [2.24, 2.45) is 0 Å². The summed E-state index contributed by atoms with van der Waals surface area (Å²) >= 11 is 0. The van der Waals surface area contributed by atoms with E-state index in [1.165, 1.54) is 0 Å². The van der Waals surface area contributed by atoms with Gasteiger partial charge in [-0.1, -0.05) is 25.0 Å². The summed E-state index contributed by atoms with van der Waals surface area (Å²) in [6.45, 7) is -0.00559. The molecule has 2 N–H and O–H groups in total. The van der Waals surface area contributed by atoms with Gasteiger partial charge < -0.3 is 10.4 Å². The fourth-order valence-electron chi connectivity index (χ4n) is 3.22. The molecule has 2 saturated carbocycles. The lowest BCUT2D eigenvalue weighted by Gasteiger charge is -2.28. The molecule has 0 atom stereocenters. The lowest BCUT2D eigenvalue weighted by Crippen LogP contribution is -2.49. The molecular weight excluding hydrogens is 264 g/mol. The largest absolute Gasteiger partial charge is 0.394 e. The molecule has 0 bridgehead atoms. The summed E-state index contributed by atoms with van der Waals surface area (Å²) in [5.74, 6) is -0.140. The highest BCUT2D eigenvalue weighted by molar-refractivity contribution is 5.94. The van der Waals surface area contributed by atoms with Gasteiger partial charge >= 0.3 is 0 Å². The van der Waals surface area contributed by atoms with Crippen molar-refractivity contribution in [3.8, 4) is 6.07 Å². The molecule has 0 heterocycles. The molecule has 1 amide bonds. The van der Waals surface area contributed by atoms with Crippen molar-refractivity contribution in [1.29, 1.82) is 5.26 Å². The third-order valence-electron chi connectivity index (χ3n) is 4.91. The highest BCUT2D eigenvalue weighted by atomic mass is 16.3. The Hall–Kier alpha value is -1.86. The van der Waals surface area contributed by atoms with Gasteiger partial charge in [-0.3, -0.25) is 4.79 Å². The van der Waals surface area contributed by atoms with Crippen LogP contribution in [0.25, 0.3) is 0 Å². The summed E-state index contributed by atoms with van der Waals surface area (Å²) in [4.78, 5) is 12.3. The van der Waals surface area contributed by atoms with E-state index >= 15 is 0 Å². The molecule has 4 nitrogen and oxygen atoms in total. The molecule has 0 radical (unpaired) electrons. The Morgan fingerprint density at radius 3 is 2.29 bits per heavy atom. The topological polar surface area (TPSA) is 73.1 Å². The number of nitrogens with zero attached hydrogens (tertiary/aromatic N) is 1. The molecule has 1 aromatic rings. The number of carbonyl (C=O) groups excluding carboxylic acids is 1. The summed E-state index contributed by atoms with van der Waals surface area (Å²) in [6, 6.07) is 9.68. The molecule has 2 aliphatic carbocycles. The minimum Gasteiger partial charge on any atom is -0.394 e. The quantitative estimate of drug-likeness (QED) is 0.891. The van der Waals surface area contributed by atoms with Gasteiger partial charge in [0.25, 0.3) is 5.91 Å². The van der Waals surface area contributed by atoms with Gasteiger partial charge in [0.1, 0.15) is 0 Å². The van der Waals surface area contributed by atoms with Crippen LogP contribution < -0.4 is 5.32 Å². The first kappa shape index (κ1) is 14.1. The van der Waals surface area contributed by atoms with E-state index < -0.39 is 5.54 Å². The Morgan fingerprint density at radius 1 is 1.19 bits per heavy atom. The van der Waals surface area contributed by atoms with Crippen molar-refractivity contribution in [2.45, 2.75) is 49.5 Å². The van der Waals surface area contributed by atoms with Gasteiger partial charge in [0.05, 0.1) is 23.6 Å². The summed E-state index contributed by atoms with van der Waals surface area (Å²) in [5, 5.41) is 21.7. The molecule has 0 aliphatic heterocycles. The zero-order valence-corrected chi connectivity index (χ0v) is 12.1. The van der Waals surface area contributed by atoms with Crippen molar-refractivity contribution in [1.82, 2.24) is 5.32 Å². The minimum atomic E-state index is -0.444. The third-order valence-corrected chi connectivity index (χ3v) is 4.91. The first-order chi connectivity index (χ1) is 10.1. The second-order valence-corrected chi connectivity index (χ2v) is 6.37. The highest BCUT2D eigenvalue weighted by Gasteiger charge is 2.44. The minimum absolute atomic E-state index is 0.00559. The van der Waals surface area contributed by atoms with E-state index in [0.717, 1.165) is 44.1 Å². The van der Waals surface area contributed by atoms with Gasteiger partial charge in [-0.25, -0.2) is 0 Å². The highest BCUT2D eigenvalue weighted by Crippen LogP contribution is 2.47. The molecule has 0 unspecified atom stereocenters. The smallest absolute Gasteiger partial charge is 0.251 e. The number of aliphatic hydroxyl groups is 1. The molecule has 0 spiro atoms. The summed E-state index contributed by atoms with van der Waals surface area (Å²) in [6.07, 6.45) is 5.58. The predicted molar refractivity (Wildman–Crippen MR) is 78.7 cm³/mol. The van der Waals surface area contributed by atoms with Gasteiger partial charge in [0, 0.05) is 5.56 Å². The zero-order valence-electron chi connectivity index (χ0n) is 12.1. The number of hydrogen-bond acceptors (Lipinski definition) is 3. The van der Waals surface area contributed by atoms with Crippen molar-refractivity contribution in [3.05, 3.63) is 35.4 Å². The van der Waals surface area contributed by atoms with E-state index in [4.69, 9.17) is 0 Å². The number of carbonyl (C=O) groups is 1. The van der Waals surface area contributed by atoms with Crippen LogP contribution in [0.4, 0.5) is 0 Å². The number of hydrogen-bond donors (Lipinski definition) is 2. The Bertz CT molecular complexity index is 576. The van der Waals surface area contributed by atoms with E-state index in [2.05, 4.69) is 11.4 Å². The number of aliphatic hydroxyl groups excluding tert-OH is 1.